The van der Waals surface area contributed by atoms with Gasteiger partial charge in [-0.1, -0.05) is 17.7 Å². The maximum Gasteiger partial charge on any atom is 0.241 e. The second-order valence-corrected chi connectivity index (χ2v) is 4.63. The normalized spacial score (nSPS) is 16.5. The predicted molar refractivity (Wildman–Crippen MR) is 69.2 cm³/mol. The average Bonchev–Trinajstić information content (AvgIpc) is 2.32. The molecule has 2 rings (SSSR count). The maximum atomic E-state index is 11.6. The van der Waals surface area contributed by atoms with E-state index >= 15 is 0 Å². The fourth-order valence-corrected chi connectivity index (χ4v) is 2.22. The monoisotopic (exact) mass is 253 g/mol. The number of hydrogen-bond donors (Lipinski definition) is 1. The molecule has 0 aromatic heterocycles. The molecule has 0 saturated carbocycles. The Hall–Kier alpha value is -1.26. The first-order valence-corrected chi connectivity index (χ1v) is 5.97. The molecule has 1 aliphatic rings. The Bertz CT molecular complexity index is 436. The number of amides is 1. The van der Waals surface area contributed by atoms with Crippen molar-refractivity contribution in [2.75, 3.05) is 31.6 Å². The van der Waals surface area contributed by atoms with E-state index in [4.69, 9.17) is 17.3 Å². The standard InChI is InChI=1S/C12H16ClN3O/c1-15-4-5-16(8-12(15)17)11-3-2-9(7-14)6-10(11)13/h2-3,6H,4-5,7-8,14H2,1H3. The zero-order chi connectivity index (χ0) is 12.4. The number of piperazine rings is 1. The fourth-order valence-electron chi connectivity index (χ4n) is 1.90. The fraction of sp³-hybridized carbons (Fsp3) is 0.417. The van der Waals surface area contributed by atoms with Crippen molar-refractivity contribution in [3.8, 4) is 0 Å². The van der Waals surface area contributed by atoms with Crippen molar-refractivity contribution in [3.63, 3.8) is 0 Å². The minimum absolute atomic E-state index is 0.121. The van der Waals surface area contributed by atoms with Crippen molar-refractivity contribution in [2.24, 2.45) is 5.73 Å². The number of carbonyl (C=O) groups excluding carboxylic acids is 1. The Balaban J connectivity index is 2.20. The maximum absolute atomic E-state index is 11.6. The Morgan fingerprint density at radius 1 is 1.41 bits per heavy atom. The molecule has 1 amide bonds. The van der Waals surface area contributed by atoms with Crippen LogP contribution in [0.1, 0.15) is 5.56 Å². The first-order valence-electron chi connectivity index (χ1n) is 5.59. The largest absolute Gasteiger partial charge is 0.359 e. The summed E-state index contributed by atoms with van der Waals surface area (Å²) in [5.74, 6) is 0.121. The molecule has 0 bridgehead atoms. The molecular weight excluding hydrogens is 238 g/mol. The molecule has 17 heavy (non-hydrogen) atoms. The van der Waals surface area contributed by atoms with E-state index in [1.165, 1.54) is 0 Å². The molecule has 0 unspecified atom stereocenters. The molecule has 1 fully saturated rings. The molecule has 92 valence electrons. The molecule has 0 atom stereocenters. The zero-order valence-electron chi connectivity index (χ0n) is 9.82. The van der Waals surface area contributed by atoms with E-state index in [0.717, 1.165) is 24.3 Å². The van der Waals surface area contributed by atoms with E-state index in [-0.39, 0.29) is 5.91 Å². The number of carbonyl (C=O) groups is 1. The summed E-state index contributed by atoms with van der Waals surface area (Å²) in [6.45, 7) is 2.40. The van der Waals surface area contributed by atoms with E-state index in [0.29, 0.717) is 18.1 Å². The second-order valence-electron chi connectivity index (χ2n) is 4.23. The number of halogens is 1. The van der Waals surface area contributed by atoms with Gasteiger partial charge >= 0.3 is 0 Å². The highest BCUT2D eigenvalue weighted by atomic mass is 35.5. The second kappa shape index (κ2) is 4.94. The molecule has 0 aliphatic carbocycles. The molecular formula is C12H16ClN3O. The van der Waals surface area contributed by atoms with Crippen LogP contribution in [0.15, 0.2) is 18.2 Å². The lowest BCUT2D eigenvalue weighted by atomic mass is 10.2. The van der Waals surface area contributed by atoms with Gasteiger partial charge in [-0.2, -0.15) is 0 Å². The number of hydrogen-bond acceptors (Lipinski definition) is 3. The molecule has 1 saturated heterocycles. The first-order chi connectivity index (χ1) is 8.11. The summed E-state index contributed by atoms with van der Waals surface area (Å²) in [6.07, 6.45) is 0. The SMILES string of the molecule is CN1CCN(c2ccc(CN)cc2Cl)CC1=O. The highest BCUT2D eigenvalue weighted by Crippen LogP contribution is 2.27. The topological polar surface area (TPSA) is 49.6 Å². The van der Waals surface area contributed by atoms with Crippen molar-refractivity contribution in [3.05, 3.63) is 28.8 Å². The van der Waals surface area contributed by atoms with E-state index in [1.54, 1.807) is 4.90 Å². The van der Waals surface area contributed by atoms with Gasteiger partial charge in [0, 0.05) is 26.7 Å². The summed E-state index contributed by atoms with van der Waals surface area (Å²) in [7, 11) is 1.82. The summed E-state index contributed by atoms with van der Waals surface area (Å²) < 4.78 is 0. The highest BCUT2D eigenvalue weighted by molar-refractivity contribution is 6.33. The summed E-state index contributed by atoms with van der Waals surface area (Å²) in [5.41, 5.74) is 7.46. The summed E-state index contributed by atoms with van der Waals surface area (Å²) >= 11 is 6.20. The highest BCUT2D eigenvalue weighted by Gasteiger charge is 2.22. The minimum Gasteiger partial charge on any atom is -0.359 e. The number of benzene rings is 1. The van der Waals surface area contributed by atoms with Gasteiger partial charge in [-0.05, 0) is 17.7 Å². The third-order valence-corrected chi connectivity index (χ3v) is 3.35. The van der Waals surface area contributed by atoms with Crippen LogP contribution in [0.25, 0.3) is 0 Å². The molecule has 0 spiro atoms. The van der Waals surface area contributed by atoms with Gasteiger partial charge in [-0.15, -0.1) is 0 Å². The molecule has 2 N–H and O–H groups in total. The van der Waals surface area contributed by atoms with Crippen LogP contribution in [0.4, 0.5) is 5.69 Å². The van der Waals surface area contributed by atoms with E-state index in [1.807, 2.05) is 30.1 Å². The summed E-state index contributed by atoms with van der Waals surface area (Å²) in [4.78, 5) is 15.4. The van der Waals surface area contributed by atoms with Crippen molar-refractivity contribution >= 4 is 23.2 Å². The molecule has 1 heterocycles. The third kappa shape index (κ3) is 2.53. The van der Waals surface area contributed by atoms with Crippen LogP contribution >= 0.6 is 11.6 Å². The van der Waals surface area contributed by atoms with Crippen molar-refractivity contribution in [1.29, 1.82) is 0 Å². The smallest absolute Gasteiger partial charge is 0.241 e. The number of nitrogens with zero attached hydrogens (tertiary/aromatic N) is 2. The quantitative estimate of drug-likeness (QED) is 0.858. The molecule has 0 radical (unpaired) electrons. The number of rotatable bonds is 2. The van der Waals surface area contributed by atoms with Gasteiger partial charge in [-0.3, -0.25) is 4.79 Å². The molecule has 5 heteroatoms. The van der Waals surface area contributed by atoms with E-state index in [2.05, 4.69) is 0 Å². The van der Waals surface area contributed by atoms with Crippen molar-refractivity contribution in [1.82, 2.24) is 4.90 Å². The predicted octanol–water partition coefficient (Wildman–Crippen LogP) is 1.08. The van der Waals surface area contributed by atoms with Crippen LogP contribution in [-0.2, 0) is 11.3 Å². The van der Waals surface area contributed by atoms with Gasteiger partial charge in [0.05, 0.1) is 17.3 Å². The van der Waals surface area contributed by atoms with Crippen molar-refractivity contribution < 1.29 is 4.79 Å². The van der Waals surface area contributed by atoms with Crippen LogP contribution in [0.2, 0.25) is 5.02 Å². The lowest BCUT2D eigenvalue weighted by molar-refractivity contribution is -0.129. The first kappa shape index (κ1) is 12.2. The molecule has 4 nitrogen and oxygen atoms in total. The van der Waals surface area contributed by atoms with Gasteiger partial charge in [0.1, 0.15) is 0 Å². The lowest BCUT2D eigenvalue weighted by Crippen LogP contribution is -2.48. The lowest BCUT2D eigenvalue weighted by Gasteiger charge is -2.34. The van der Waals surface area contributed by atoms with Crippen LogP contribution in [-0.4, -0.2) is 37.5 Å². The van der Waals surface area contributed by atoms with E-state index in [9.17, 15) is 4.79 Å². The van der Waals surface area contributed by atoms with Gasteiger partial charge in [0.2, 0.25) is 5.91 Å². The Morgan fingerprint density at radius 3 is 2.76 bits per heavy atom. The zero-order valence-corrected chi connectivity index (χ0v) is 10.6. The molecule has 1 aliphatic heterocycles. The van der Waals surface area contributed by atoms with Crippen molar-refractivity contribution in [2.45, 2.75) is 6.54 Å². The number of nitrogens with two attached hydrogens (primary N) is 1. The molecule has 1 aromatic carbocycles. The van der Waals surface area contributed by atoms with Crippen LogP contribution in [0, 0.1) is 0 Å². The van der Waals surface area contributed by atoms with E-state index < -0.39 is 0 Å². The van der Waals surface area contributed by atoms with Crippen LogP contribution in [0.5, 0.6) is 0 Å². The van der Waals surface area contributed by atoms with Gasteiger partial charge < -0.3 is 15.5 Å². The summed E-state index contributed by atoms with van der Waals surface area (Å²) in [5, 5.41) is 0.658. The third-order valence-electron chi connectivity index (χ3n) is 3.05. The molecule has 1 aromatic rings. The Kier molecular flexibility index (Phi) is 3.54. The Morgan fingerprint density at radius 2 is 2.18 bits per heavy atom. The summed E-state index contributed by atoms with van der Waals surface area (Å²) in [6, 6.07) is 5.74. The number of likely N-dealkylation sites (N-methyl/N-ethyl adjacent to an activating group) is 1. The minimum atomic E-state index is 0.121. The van der Waals surface area contributed by atoms with Crippen LogP contribution < -0.4 is 10.6 Å². The Labute approximate surface area is 106 Å². The van der Waals surface area contributed by atoms with Crippen LogP contribution in [0.3, 0.4) is 0 Å². The van der Waals surface area contributed by atoms with Gasteiger partial charge in [0.25, 0.3) is 0 Å². The number of anilines is 1. The van der Waals surface area contributed by atoms with Gasteiger partial charge in [0.15, 0.2) is 0 Å². The average molecular weight is 254 g/mol. The van der Waals surface area contributed by atoms with Gasteiger partial charge in [-0.25, -0.2) is 0 Å².